The minimum Gasteiger partial charge on any atom is -0.492 e. The number of benzene rings is 1. The average molecular weight is 230 g/mol. The van der Waals surface area contributed by atoms with Crippen LogP contribution in [0.15, 0.2) is 12.1 Å². The van der Waals surface area contributed by atoms with Crippen LogP contribution in [0.25, 0.3) is 0 Å². The molecule has 3 nitrogen and oxygen atoms in total. The van der Waals surface area contributed by atoms with Gasteiger partial charge in [-0.3, -0.25) is 0 Å². The number of rotatable bonds is 5. The molecule has 0 aliphatic heterocycles. The van der Waals surface area contributed by atoms with E-state index in [2.05, 4.69) is 11.4 Å². The minimum atomic E-state index is 0.685. The zero-order valence-electron chi connectivity index (χ0n) is 10.4. The molecule has 0 aromatic heterocycles. The second-order valence-corrected chi connectivity index (χ2v) is 4.63. The van der Waals surface area contributed by atoms with Crippen molar-refractivity contribution in [2.45, 2.75) is 32.7 Å². The molecule has 90 valence electrons. The van der Waals surface area contributed by atoms with Gasteiger partial charge in [-0.1, -0.05) is 0 Å². The van der Waals surface area contributed by atoms with Gasteiger partial charge >= 0.3 is 0 Å². The molecule has 1 aliphatic rings. The first kappa shape index (κ1) is 11.9. The van der Waals surface area contributed by atoms with E-state index in [-0.39, 0.29) is 0 Å². The van der Waals surface area contributed by atoms with Crippen LogP contribution in [-0.4, -0.2) is 19.2 Å². The molecule has 1 aliphatic carbocycles. The lowest BCUT2D eigenvalue weighted by Gasteiger charge is -2.12. The van der Waals surface area contributed by atoms with Crippen LogP contribution in [0.4, 0.5) is 0 Å². The average Bonchev–Trinajstić information content (AvgIpc) is 3.10. The highest BCUT2D eigenvalue weighted by Gasteiger charge is 2.19. The van der Waals surface area contributed by atoms with Crippen molar-refractivity contribution in [3.63, 3.8) is 0 Å². The number of nitrogens with one attached hydrogen (secondary N) is 1. The normalized spacial score (nSPS) is 14.4. The lowest BCUT2D eigenvalue weighted by Crippen LogP contribution is -2.23. The van der Waals surface area contributed by atoms with E-state index >= 15 is 0 Å². The highest BCUT2D eigenvalue weighted by Crippen LogP contribution is 2.24. The van der Waals surface area contributed by atoms with Gasteiger partial charge in [0.15, 0.2) is 0 Å². The number of ether oxygens (including phenoxy) is 1. The van der Waals surface area contributed by atoms with Crippen molar-refractivity contribution < 1.29 is 4.74 Å². The SMILES string of the molecule is Cc1cc(C#N)cc(C)c1OCCNC1CC1. The molecular formula is C14H18N2O. The van der Waals surface area contributed by atoms with Crippen LogP contribution in [0.3, 0.4) is 0 Å². The summed E-state index contributed by atoms with van der Waals surface area (Å²) in [7, 11) is 0. The van der Waals surface area contributed by atoms with Gasteiger partial charge in [-0.25, -0.2) is 0 Å². The number of hydrogen-bond donors (Lipinski definition) is 1. The van der Waals surface area contributed by atoms with Gasteiger partial charge in [-0.15, -0.1) is 0 Å². The van der Waals surface area contributed by atoms with Crippen LogP contribution >= 0.6 is 0 Å². The molecule has 1 N–H and O–H groups in total. The van der Waals surface area contributed by atoms with Crippen molar-refractivity contribution >= 4 is 0 Å². The molecule has 3 heteroatoms. The summed E-state index contributed by atoms with van der Waals surface area (Å²) in [5.74, 6) is 0.918. The minimum absolute atomic E-state index is 0.685. The topological polar surface area (TPSA) is 45.0 Å². The van der Waals surface area contributed by atoms with Crippen molar-refractivity contribution in [2.75, 3.05) is 13.2 Å². The summed E-state index contributed by atoms with van der Waals surface area (Å²) in [5.41, 5.74) is 2.77. The lowest BCUT2D eigenvalue weighted by molar-refractivity contribution is 0.309. The fraction of sp³-hybridized carbons (Fsp3) is 0.500. The highest BCUT2D eigenvalue weighted by atomic mass is 16.5. The molecule has 2 rings (SSSR count). The van der Waals surface area contributed by atoms with Gasteiger partial charge in [0.2, 0.25) is 0 Å². The van der Waals surface area contributed by atoms with Gasteiger partial charge in [-0.05, 0) is 49.9 Å². The van der Waals surface area contributed by atoms with Crippen molar-refractivity contribution in [3.05, 3.63) is 28.8 Å². The summed E-state index contributed by atoms with van der Waals surface area (Å²) in [6.45, 7) is 5.54. The molecule has 0 amide bonds. The van der Waals surface area contributed by atoms with Gasteiger partial charge in [0, 0.05) is 12.6 Å². The Morgan fingerprint density at radius 3 is 2.53 bits per heavy atom. The summed E-state index contributed by atoms with van der Waals surface area (Å²) in [4.78, 5) is 0. The Morgan fingerprint density at radius 1 is 1.35 bits per heavy atom. The summed E-state index contributed by atoms with van der Waals surface area (Å²) in [5, 5.41) is 12.3. The van der Waals surface area contributed by atoms with E-state index in [1.165, 1.54) is 12.8 Å². The van der Waals surface area contributed by atoms with E-state index in [4.69, 9.17) is 10.00 Å². The van der Waals surface area contributed by atoms with E-state index in [1.54, 1.807) is 0 Å². The molecule has 1 aromatic carbocycles. The fourth-order valence-corrected chi connectivity index (χ4v) is 1.95. The molecule has 1 saturated carbocycles. The maximum absolute atomic E-state index is 8.86. The molecular weight excluding hydrogens is 212 g/mol. The van der Waals surface area contributed by atoms with Gasteiger partial charge < -0.3 is 10.1 Å². The van der Waals surface area contributed by atoms with Gasteiger partial charge in [0.05, 0.1) is 11.6 Å². The van der Waals surface area contributed by atoms with E-state index in [0.717, 1.165) is 29.5 Å². The van der Waals surface area contributed by atoms with Crippen LogP contribution in [0.2, 0.25) is 0 Å². The van der Waals surface area contributed by atoms with Crippen LogP contribution in [0.1, 0.15) is 29.5 Å². The van der Waals surface area contributed by atoms with Crippen molar-refractivity contribution in [3.8, 4) is 11.8 Å². The largest absolute Gasteiger partial charge is 0.492 e. The smallest absolute Gasteiger partial charge is 0.125 e. The van der Waals surface area contributed by atoms with E-state index < -0.39 is 0 Å². The molecule has 0 radical (unpaired) electrons. The lowest BCUT2D eigenvalue weighted by atomic mass is 10.1. The number of nitriles is 1. The Labute approximate surface area is 102 Å². The summed E-state index contributed by atoms with van der Waals surface area (Å²) in [6, 6.07) is 6.63. The van der Waals surface area contributed by atoms with E-state index in [1.807, 2.05) is 26.0 Å². The number of hydrogen-bond acceptors (Lipinski definition) is 3. The third-order valence-electron chi connectivity index (χ3n) is 2.95. The maximum Gasteiger partial charge on any atom is 0.125 e. The Bertz CT molecular complexity index is 421. The Morgan fingerprint density at radius 2 is 2.00 bits per heavy atom. The Hall–Kier alpha value is -1.53. The predicted molar refractivity (Wildman–Crippen MR) is 67.2 cm³/mol. The first-order valence-corrected chi connectivity index (χ1v) is 6.08. The second-order valence-electron chi connectivity index (χ2n) is 4.63. The third kappa shape index (κ3) is 3.21. The molecule has 1 fully saturated rings. The molecule has 0 heterocycles. The van der Waals surface area contributed by atoms with Gasteiger partial charge in [-0.2, -0.15) is 5.26 Å². The standard InChI is InChI=1S/C14H18N2O/c1-10-7-12(9-15)8-11(2)14(10)17-6-5-16-13-3-4-13/h7-8,13,16H,3-6H2,1-2H3. The molecule has 0 spiro atoms. The Kier molecular flexibility index (Phi) is 3.65. The van der Waals surface area contributed by atoms with Crippen LogP contribution in [-0.2, 0) is 0 Å². The van der Waals surface area contributed by atoms with Crippen LogP contribution < -0.4 is 10.1 Å². The van der Waals surface area contributed by atoms with Crippen molar-refractivity contribution in [1.82, 2.24) is 5.32 Å². The highest BCUT2D eigenvalue weighted by molar-refractivity contribution is 5.47. The Balaban J connectivity index is 1.92. The molecule has 0 atom stereocenters. The first-order chi connectivity index (χ1) is 8.20. The molecule has 0 unspecified atom stereocenters. The van der Waals surface area contributed by atoms with E-state index in [0.29, 0.717) is 12.2 Å². The number of aryl methyl sites for hydroxylation is 2. The predicted octanol–water partition coefficient (Wildman–Crippen LogP) is 2.31. The summed E-state index contributed by atoms with van der Waals surface area (Å²) in [6.07, 6.45) is 2.60. The van der Waals surface area contributed by atoms with Crippen molar-refractivity contribution in [2.24, 2.45) is 0 Å². The van der Waals surface area contributed by atoms with Gasteiger partial charge in [0.25, 0.3) is 0 Å². The molecule has 0 bridgehead atoms. The maximum atomic E-state index is 8.86. The molecule has 1 aromatic rings. The molecule has 17 heavy (non-hydrogen) atoms. The zero-order chi connectivity index (χ0) is 12.3. The first-order valence-electron chi connectivity index (χ1n) is 6.08. The van der Waals surface area contributed by atoms with Crippen LogP contribution in [0, 0.1) is 25.2 Å². The second kappa shape index (κ2) is 5.20. The fourth-order valence-electron chi connectivity index (χ4n) is 1.95. The van der Waals surface area contributed by atoms with Crippen LogP contribution in [0.5, 0.6) is 5.75 Å². The summed E-state index contributed by atoms with van der Waals surface area (Å²) >= 11 is 0. The van der Waals surface area contributed by atoms with Gasteiger partial charge in [0.1, 0.15) is 12.4 Å². The van der Waals surface area contributed by atoms with Crippen molar-refractivity contribution in [1.29, 1.82) is 5.26 Å². The quantitative estimate of drug-likeness (QED) is 0.789. The zero-order valence-corrected chi connectivity index (χ0v) is 10.4. The van der Waals surface area contributed by atoms with E-state index in [9.17, 15) is 0 Å². The molecule has 0 saturated heterocycles. The number of nitrogens with zero attached hydrogens (tertiary/aromatic N) is 1. The summed E-state index contributed by atoms with van der Waals surface area (Å²) < 4.78 is 5.77. The monoisotopic (exact) mass is 230 g/mol. The third-order valence-corrected chi connectivity index (χ3v) is 2.95.